The topological polar surface area (TPSA) is 0 Å². The minimum atomic E-state index is 0.973. The number of rotatable bonds is 4. The van der Waals surface area contributed by atoms with E-state index in [1.807, 2.05) is 0 Å². The molecular weight excluding hydrogens is 224 g/mol. The Morgan fingerprint density at radius 2 is 1.85 bits per heavy atom. The zero-order valence-corrected chi connectivity index (χ0v) is 10.6. The molecule has 1 unspecified atom stereocenters. The Morgan fingerprint density at radius 1 is 1.23 bits per heavy atom. The molecule has 1 aliphatic carbocycles. The molecule has 1 rings (SSSR count). The van der Waals surface area contributed by atoms with Crippen LogP contribution in [-0.2, 0) is 0 Å². The summed E-state index contributed by atoms with van der Waals surface area (Å²) in [6, 6.07) is 0. The molecule has 0 aromatic rings. The summed E-state index contributed by atoms with van der Waals surface area (Å²) in [5.41, 5.74) is 0. The van der Waals surface area contributed by atoms with E-state index in [9.17, 15) is 0 Å². The summed E-state index contributed by atoms with van der Waals surface area (Å²) in [5, 5.41) is 1.22. The van der Waals surface area contributed by atoms with Crippen molar-refractivity contribution >= 4 is 15.9 Å². The number of halogens is 1. The van der Waals surface area contributed by atoms with Crippen LogP contribution in [0.1, 0.15) is 52.4 Å². The van der Waals surface area contributed by atoms with Gasteiger partial charge in [0.15, 0.2) is 0 Å². The van der Waals surface area contributed by atoms with Gasteiger partial charge in [-0.1, -0.05) is 42.6 Å². The van der Waals surface area contributed by atoms with E-state index in [1.54, 1.807) is 0 Å². The molecule has 0 saturated heterocycles. The summed E-state index contributed by atoms with van der Waals surface area (Å²) >= 11 is 3.60. The lowest BCUT2D eigenvalue weighted by atomic mass is 9.76. The normalized spacial score (nSPS) is 31.6. The lowest BCUT2D eigenvalue weighted by Gasteiger charge is -2.31. The van der Waals surface area contributed by atoms with E-state index in [1.165, 1.54) is 43.9 Å². The Balaban J connectivity index is 2.23. The average molecular weight is 247 g/mol. The molecule has 0 nitrogen and oxygen atoms in total. The molecule has 0 aromatic heterocycles. The zero-order chi connectivity index (χ0) is 9.68. The predicted octanol–water partition coefficient (Wildman–Crippen LogP) is 4.62. The third kappa shape index (κ3) is 3.61. The van der Waals surface area contributed by atoms with Crippen LogP contribution in [0, 0.1) is 17.8 Å². The molecule has 1 fully saturated rings. The summed E-state index contributed by atoms with van der Waals surface area (Å²) in [5.74, 6) is 2.99. The highest BCUT2D eigenvalue weighted by atomic mass is 79.9. The van der Waals surface area contributed by atoms with Gasteiger partial charge in [-0.25, -0.2) is 0 Å². The van der Waals surface area contributed by atoms with Crippen LogP contribution in [0.5, 0.6) is 0 Å². The fourth-order valence-corrected chi connectivity index (χ4v) is 3.25. The fourth-order valence-electron chi connectivity index (χ4n) is 2.60. The van der Waals surface area contributed by atoms with Crippen LogP contribution < -0.4 is 0 Å². The summed E-state index contributed by atoms with van der Waals surface area (Å²) in [7, 11) is 0. The Morgan fingerprint density at radius 3 is 2.31 bits per heavy atom. The molecule has 1 atom stereocenters. The molecule has 0 heterocycles. The Bertz CT molecular complexity index is 125. The molecule has 0 spiro atoms. The Labute approximate surface area is 91.6 Å². The molecular formula is C12H23Br. The first-order valence-corrected chi connectivity index (χ1v) is 6.96. The number of hydrogen-bond donors (Lipinski definition) is 0. The standard InChI is InChI=1S/C12H23Br/c1-3-4-10(2)12-7-5-11(9-13)6-8-12/h10-12H,3-9H2,1-2H3. The minimum absolute atomic E-state index is 0.973. The first kappa shape index (κ1) is 11.6. The van der Waals surface area contributed by atoms with Gasteiger partial charge in [0.2, 0.25) is 0 Å². The summed E-state index contributed by atoms with van der Waals surface area (Å²) in [6.07, 6.45) is 8.69. The highest BCUT2D eigenvalue weighted by Crippen LogP contribution is 2.35. The van der Waals surface area contributed by atoms with Gasteiger partial charge in [-0.05, 0) is 43.4 Å². The average Bonchev–Trinajstić information content (AvgIpc) is 2.18. The molecule has 1 saturated carbocycles. The zero-order valence-electron chi connectivity index (χ0n) is 9.06. The SMILES string of the molecule is CCCC(C)C1CCC(CBr)CC1. The van der Waals surface area contributed by atoms with E-state index < -0.39 is 0 Å². The van der Waals surface area contributed by atoms with Crippen LogP contribution in [0.4, 0.5) is 0 Å². The van der Waals surface area contributed by atoms with Gasteiger partial charge >= 0.3 is 0 Å². The monoisotopic (exact) mass is 246 g/mol. The van der Waals surface area contributed by atoms with Crippen LogP contribution in [0.25, 0.3) is 0 Å². The second-order valence-corrected chi connectivity index (χ2v) is 5.35. The maximum atomic E-state index is 3.60. The second-order valence-electron chi connectivity index (χ2n) is 4.70. The van der Waals surface area contributed by atoms with E-state index in [0.29, 0.717) is 0 Å². The van der Waals surface area contributed by atoms with Crippen molar-refractivity contribution in [3.8, 4) is 0 Å². The molecule has 78 valence electrons. The lowest BCUT2D eigenvalue weighted by Crippen LogP contribution is -2.20. The van der Waals surface area contributed by atoms with E-state index >= 15 is 0 Å². The highest BCUT2D eigenvalue weighted by Gasteiger charge is 2.23. The second kappa shape index (κ2) is 6.06. The van der Waals surface area contributed by atoms with Crippen molar-refractivity contribution in [2.24, 2.45) is 17.8 Å². The molecule has 0 amide bonds. The van der Waals surface area contributed by atoms with Crippen LogP contribution in [-0.4, -0.2) is 5.33 Å². The van der Waals surface area contributed by atoms with Gasteiger partial charge in [-0.3, -0.25) is 0 Å². The molecule has 1 heteroatoms. The Hall–Kier alpha value is 0.480. The van der Waals surface area contributed by atoms with E-state index in [-0.39, 0.29) is 0 Å². The maximum absolute atomic E-state index is 3.60. The lowest BCUT2D eigenvalue weighted by molar-refractivity contribution is 0.217. The molecule has 0 aliphatic heterocycles. The smallest absolute Gasteiger partial charge is 0.00596 e. The highest BCUT2D eigenvalue weighted by molar-refractivity contribution is 9.09. The van der Waals surface area contributed by atoms with E-state index in [4.69, 9.17) is 0 Å². The summed E-state index contributed by atoms with van der Waals surface area (Å²) < 4.78 is 0. The summed E-state index contributed by atoms with van der Waals surface area (Å²) in [6.45, 7) is 4.75. The van der Waals surface area contributed by atoms with Crippen molar-refractivity contribution in [1.82, 2.24) is 0 Å². The largest absolute Gasteiger partial charge is 0.0925 e. The van der Waals surface area contributed by atoms with Crippen molar-refractivity contribution in [3.63, 3.8) is 0 Å². The van der Waals surface area contributed by atoms with Crippen LogP contribution >= 0.6 is 15.9 Å². The van der Waals surface area contributed by atoms with Gasteiger partial charge in [0, 0.05) is 5.33 Å². The van der Waals surface area contributed by atoms with Crippen LogP contribution in [0.15, 0.2) is 0 Å². The first-order chi connectivity index (χ1) is 6.27. The van der Waals surface area contributed by atoms with E-state index in [2.05, 4.69) is 29.8 Å². The van der Waals surface area contributed by atoms with E-state index in [0.717, 1.165) is 17.8 Å². The van der Waals surface area contributed by atoms with Crippen molar-refractivity contribution in [3.05, 3.63) is 0 Å². The number of alkyl halides is 1. The van der Waals surface area contributed by atoms with Gasteiger partial charge in [-0.15, -0.1) is 0 Å². The first-order valence-electron chi connectivity index (χ1n) is 5.83. The van der Waals surface area contributed by atoms with Crippen molar-refractivity contribution in [2.45, 2.75) is 52.4 Å². The van der Waals surface area contributed by atoms with Crippen LogP contribution in [0.2, 0.25) is 0 Å². The van der Waals surface area contributed by atoms with Crippen molar-refractivity contribution in [2.75, 3.05) is 5.33 Å². The molecule has 0 bridgehead atoms. The van der Waals surface area contributed by atoms with Gasteiger partial charge < -0.3 is 0 Å². The van der Waals surface area contributed by atoms with Gasteiger partial charge in [0.05, 0.1) is 0 Å². The van der Waals surface area contributed by atoms with Gasteiger partial charge in [0.25, 0.3) is 0 Å². The third-order valence-electron chi connectivity index (χ3n) is 3.66. The van der Waals surface area contributed by atoms with Crippen molar-refractivity contribution in [1.29, 1.82) is 0 Å². The third-order valence-corrected chi connectivity index (χ3v) is 4.57. The Kier molecular flexibility index (Phi) is 5.38. The minimum Gasteiger partial charge on any atom is -0.0925 e. The number of hydrogen-bond acceptors (Lipinski definition) is 0. The predicted molar refractivity (Wildman–Crippen MR) is 63.3 cm³/mol. The fraction of sp³-hybridized carbons (Fsp3) is 1.00. The molecule has 0 radical (unpaired) electrons. The molecule has 0 aromatic carbocycles. The quantitative estimate of drug-likeness (QED) is 0.635. The maximum Gasteiger partial charge on any atom is 0.00596 e. The molecule has 1 aliphatic rings. The van der Waals surface area contributed by atoms with Gasteiger partial charge in [0.1, 0.15) is 0 Å². The molecule has 13 heavy (non-hydrogen) atoms. The molecule has 0 N–H and O–H groups in total. The summed E-state index contributed by atoms with van der Waals surface area (Å²) in [4.78, 5) is 0. The van der Waals surface area contributed by atoms with Gasteiger partial charge in [-0.2, -0.15) is 0 Å². The van der Waals surface area contributed by atoms with Crippen LogP contribution in [0.3, 0.4) is 0 Å². The van der Waals surface area contributed by atoms with Crippen molar-refractivity contribution < 1.29 is 0 Å².